The molecule has 0 heterocycles. The number of nitrogens with one attached hydrogen (secondary N) is 1. The van der Waals surface area contributed by atoms with Gasteiger partial charge in [-0.3, -0.25) is 4.79 Å². The van der Waals surface area contributed by atoms with Gasteiger partial charge in [-0.15, -0.1) is 0 Å². The fourth-order valence-electron chi connectivity index (χ4n) is 2.17. The fraction of sp³-hybridized carbons (Fsp3) is 0.526. The summed E-state index contributed by atoms with van der Waals surface area (Å²) in [5.41, 5.74) is 0.361. The lowest BCUT2D eigenvalue weighted by Gasteiger charge is -2.25. The van der Waals surface area contributed by atoms with Gasteiger partial charge >= 0.3 is 6.09 Å². The normalized spacial score (nSPS) is 11.5. The lowest BCUT2D eigenvalue weighted by atomic mass is 9.82. The van der Waals surface area contributed by atoms with Crippen LogP contribution in [-0.4, -0.2) is 24.0 Å². The third-order valence-electron chi connectivity index (χ3n) is 3.45. The topological polar surface area (TPSA) is 79.2 Å². The fourth-order valence-corrected chi connectivity index (χ4v) is 2.17. The molecule has 1 aromatic rings. The van der Waals surface area contributed by atoms with Gasteiger partial charge in [-0.2, -0.15) is 5.26 Å². The Bertz CT molecular complexity index is 619. The number of carbonyl (C=O) groups excluding carboxylic acids is 2. The SMILES string of the molecule is CC(C)(CCNC(=O)OC(C)(C)C)CC(=O)c1ccc(C#N)cc1. The maximum atomic E-state index is 12.3. The van der Waals surface area contributed by atoms with Gasteiger partial charge in [-0.1, -0.05) is 26.0 Å². The van der Waals surface area contributed by atoms with Gasteiger partial charge in [0, 0.05) is 18.5 Å². The van der Waals surface area contributed by atoms with Gasteiger partial charge in [0.05, 0.1) is 11.6 Å². The third-order valence-corrected chi connectivity index (χ3v) is 3.45. The molecule has 0 bridgehead atoms. The highest BCUT2D eigenvalue weighted by molar-refractivity contribution is 5.96. The van der Waals surface area contributed by atoms with Gasteiger partial charge < -0.3 is 10.1 Å². The minimum absolute atomic E-state index is 0.0294. The molecule has 0 radical (unpaired) electrons. The van der Waals surface area contributed by atoms with Crippen LogP contribution in [0.4, 0.5) is 4.79 Å². The van der Waals surface area contributed by atoms with E-state index in [-0.39, 0.29) is 11.2 Å². The molecule has 5 heteroatoms. The van der Waals surface area contributed by atoms with E-state index in [0.717, 1.165) is 0 Å². The third kappa shape index (κ3) is 7.28. The van der Waals surface area contributed by atoms with Gasteiger partial charge in [0.25, 0.3) is 0 Å². The Balaban J connectivity index is 2.49. The van der Waals surface area contributed by atoms with Crippen LogP contribution in [0.15, 0.2) is 24.3 Å². The number of hydrogen-bond donors (Lipinski definition) is 1. The summed E-state index contributed by atoms with van der Waals surface area (Å²) in [6.45, 7) is 9.87. The van der Waals surface area contributed by atoms with Crippen molar-refractivity contribution >= 4 is 11.9 Å². The van der Waals surface area contributed by atoms with E-state index in [1.54, 1.807) is 24.3 Å². The molecule has 1 N–H and O–H groups in total. The van der Waals surface area contributed by atoms with Crippen molar-refractivity contribution in [2.24, 2.45) is 5.41 Å². The van der Waals surface area contributed by atoms with Crippen LogP contribution < -0.4 is 5.32 Å². The second kappa shape index (κ2) is 7.96. The van der Waals surface area contributed by atoms with E-state index in [2.05, 4.69) is 5.32 Å². The van der Waals surface area contributed by atoms with Crippen molar-refractivity contribution in [3.05, 3.63) is 35.4 Å². The molecule has 0 aliphatic heterocycles. The van der Waals surface area contributed by atoms with Crippen molar-refractivity contribution in [3.63, 3.8) is 0 Å². The van der Waals surface area contributed by atoms with Crippen molar-refractivity contribution in [1.82, 2.24) is 5.32 Å². The Morgan fingerprint density at radius 2 is 1.71 bits per heavy atom. The van der Waals surface area contributed by atoms with Gasteiger partial charge in [0.1, 0.15) is 5.60 Å². The minimum Gasteiger partial charge on any atom is -0.444 e. The van der Waals surface area contributed by atoms with E-state index in [1.807, 2.05) is 40.7 Å². The highest BCUT2D eigenvalue weighted by Crippen LogP contribution is 2.26. The van der Waals surface area contributed by atoms with Crippen LogP contribution in [0.2, 0.25) is 0 Å². The van der Waals surface area contributed by atoms with Crippen LogP contribution in [0.5, 0.6) is 0 Å². The van der Waals surface area contributed by atoms with E-state index >= 15 is 0 Å². The summed E-state index contributed by atoms with van der Waals surface area (Å²) >= 11 is 0. The van der Waals surface area contributed by atoms with Crippen molar-refractivity contribution in [2.75, 3.05) is 6.54 Å². The van der Waals surface area contributed by atoms with Crippen LogP contribution in [0.1, 0.15) is 63.4 Å². The molecule has 0 aliphatic rings. The molecule has 0 atom stereocenters. The molecule has 0 saturated carbocycles. The van der Waals surface area contributed by atoms with Crippen molar-refractivity contribution in [1.29, 1.82) is 5.26 Å². The number of benzene rings is 1. The van der Waals surface area contributed by atoms with Crippen LogP contribution in [0.3, 0.4) is 0 Å². The summed E-state index contributed by atoms with van der Waals surface area (Å²) in [6, 6.07) is 8.67. The molecular weight excluding hydrogens is 304 g/mol. The van der Waals surface area contributed by atoms with E-state index in [1.165, 1.54) is 0 Å². The second-order valence-electron chi connectivity index (χ2n) is 7.63. The zero-order valence-electron chi connectivity index (χ0n) is 15.1. The number of amides is 1. The number of hydrogen-bond acceptors (Lipinski definition) is 4. The first-order valence-corrected chi connectivity index (χ1v) is 8.03. The Labute approximate surface area is 144 Å². The maximum absolute atomic E-state index is 12.3. The summed E-state index contributed by atoms with van der Waals surface area (Å²) in [4.78, 5) is 24.0. The number of ether oxygens (including phenoxy) is 1. The van der Waals surface area contributed by atoms with E-state index < -0.39 is 11.7 Å². The number of rotatable bonds is 6. The summed E-state index contributed by atoms with van der Waals surface area (Å²) in [7, 11) is 0. The van der Waals surface area contributed by atoms with Crippen LogP contribution >= 0.6 is 0 Å². The number of ketones is 1. The van der Waals surface area contributed by atoms with Gasteiger partial charge in [0.2, 0.25) is 0 Å². The Hall–Kier alpha value is -2.35. The Morgan fingerprint density at radius 1 is 1.12 bits per heavy atom. The molecule has 130 valence electrons. The highest BCUT2D eigenvalue weighted by Gasteiger charge is 2.23. The van der Waals surface area contributed by atoms with Crippen molar-refractivity contribution in [2.45, 2.75) is 53.1 Å². The summed E-state index contributed by atoms with van der Waals surface area (Å²) in [5, 5.41) is 11.5. The van der Waals surface area contributed by atoms with Crippen molar-refractivity contribution in [3.8, 4) is 6.07 Å². The lowest BCUT2D eigenvalue weighted by molar-refractivity contribution is 0.0522. The van der Waals surface area contributed by atoms with Crippen LogP contribution in [0.25, 0.3) is 0 Å². The number of nitriles is 1. The molecule has 1 aromatic carbocycles. The minimum atomic E-state index is -0.523. The molecule has 24 heavy (non-hydrogen) atoms. The molecule has 0 spiro atoms. The predicted octanol–water partition coefficient (Wildman–Crippen LogP) is 4.07. The van der Waals surface area contributed by atoms with E-state index in [9.17, 15) is 9.59 Å². The van der Waals surface area contributed by atoms with Crippen molar-refractivity contribution < 1.29 is 14.3 Å². The first-order valence-electron chi connectivity index (χ1n) is 8.03. The number of Topliss-reactive ketones (excluding diaryl/α,β-unsaturated/α-hetero) is 1. The predicted molar refractivity (Wildman–Crippen MR) is 92.7 cm³/mol. The average molecular weight is 330 g/mol. The molecule has 1 amide bonds. The quantitative estimate of drug-likeness (QED) is 0.797. The van der Waals surface area contributed by atoms with Crippen LogP contribution in [0, 0.1) is 16.7 Å². The molecule has 0 saturated heterocycles. The molecule has 0 unspecified atom stereocenters. The van der Waals surface area contributed by atoms with Gasteiger partial charge in [0.15, 0.2) is 5.78 Å². The molecule has 0 aromatic heterocycles. The van der Waals surface area contributed by atoms with Gasteiger partial charge in [-0.25, -0.2) is 4.79 Å². The molecule has 0 aliphatic carbocycles. The lowest BCUT2D eigenvalue weighted by Crippen LogP contribution is -2.34. The first-order chi connectivity index (χ1) is 11.0. The zero-order chi connectivity index (χ0) is 18.4. The molecule has 1 rings (SSSR count). The maximum Gasteiger partial charge on any atom is 0.407 e. The molecule has 0 fully saturated rings. The van der Waals surface area contributed by atoms with Crippen LogP contribution in [-0.2, 0) is 4.74 Å². The Morgan fingerprint density at radius 3 is 2.21 bits per heavy atom. The zero-order valence-corrected chi connectivity index (χ0v) is 15.1. The smallest absolute Gasteiger partial charge is 0.407 e. The number of carbonyl (C=O) groups is 2. The summed E-state index contributed by atoms with van der Waals surface area (Å²) in [5.74, 6) is 0.0294. The number of nitrogens with zero attached hydrogens (tertiary/aromatic N) is 1. The monoisotopic (exact) mass is 330 g/mol. The summed E-state index contributed by atoms with van der Waals surface area (Å²) < 4.78 is 5.18. The van der Waals surface area contributed by atoms with Gasteiger partial charge in [-0.05, 0) is 44.7 Å². The largest absolute Gasteiger partial charge is 0.444 e. The number of alkyl carbamates (subject to hydrolysis) is 1. The van der Waals surface area contributed by atoms with E-state index in [4.69, 9.17) is 10.00 Å². The highest BCUT2D eigenvalue weighted by atomic mass is 16.6. The standard InChI is InChI=1S/C19H26N2O3/c1-18(2,3)24-17(23)21-11-10-19(4,5)12-16(22)15-8-6-14(13-20)7-9-15/h6-9H,10-12H2,1-5H3,(H,21,23). The van der Waals surface area contributed by atoms with E-state index in [0.29, 0.717) is 30.5 Å². The Kier molecular flexibility index (Phi) is 6.53. The summed E-state index contributed by atoms with van der Waals surface area (Å²) in [6.07, 6.45) is 0.583. The first kappa shape index (κ1) is 19.7. The second-order valence-corrected chi connectivity index (χ2v) is 7.63. The molecule has 5 nitrogen and oxygen atoms in total. The average Bonchev–Trinajstić information content (AvgIpc) is 2.44. The molecular formula is C19H26N2O3.